The van der Waals surface area contributed by atoms with E-state index in [1.54, 1.807) is 15.9 Å². The molecule has 1 unspecified atom stereocenters. The molecule has 1 aromatic heterocycles. The van der Waals surface area contributed by atoms with Crippen LogP contribution in [-0.2, 0) is 16.0 Å². The Morgan fingerprint density at radius 3 is 2.70 bits per heavy atom. The Morgan fingerprint density at radius 1 is 1.05 bits per heavy atom. The summed E-state index contributed by atoms with van der Waals surface area (Å²) >= 11 is 0. The number of hydrogen-bond acceptors (Lipinski definition) is 5. The number of aromatic nitrogens is 2. The first-order valence-corrected chi connectivity index (χ1v) is 13.1. The SMILES string of the molecule is CCN1CCOc2ccccc2CCCCC2(CN(C(=O)c3cc(-c4ccccc4)n[nH]3)CCO2)C1=O. The van der Waals surface area contributed by atoms with E-state index < -0.39 is 5.60 Å². The van der Waals surface area contributed by atoms with Crippen molar-refractivity contribution in [1.82, 2.24) is 20.0 Å². The molecule has 8 nitrogen and oxygen atoms in total. The number of ether oxygens (including phenoxy) is 2. The average Bonchev–Trinajstić information content (AvgIpc) is 3.44. The van der Waals surface area contributed by atoms with Crippen LogP contribution in [0.2, 0.25) is 0 Å². The van der Waals surface area contributed by atoms with Gasteiger partial charge in [-0.1, -0.05) is 48.5 Å². The van der Waals surface area contributed by atoms with Crippen LogP contribution in [0.5, 0.6) is 5.75 Å². The molecule has 8 heteroatoms. The molecule has 37 heavy (non-hydrogen) atoms. The molecule has 1 saturated heterocycles. The Labute approximate surface area is 217 Å². The van der Waals surface area contributed by atoms with E-state index >= 15 is 0 Å². The van der Waals surface area contributed by atoms with Crippen LogP contribution in [0.25, 0.3) is 11.3 Å². The molecule has 0 saturated carbocycles. The third-order valence-corrected chi connectivity index (χ3v) is 7.28. The van der Waals surface area contributed by atoms with Gasteiger partial charge >= 0.3 is 0 Å². The average molecular weight is 503 g/mol. The first-order chi connectivity index (χ1) is 18.1. The van der Waals surface area contributed by atoms with Crippen molar-refractivity contribution >= 4 is 11.8 Å². The molecule has 1 N–H and O–H groups in total. The molecule has 0 radical (unpaired) electrons. The van der Waals surface area contributed by atoms with Gasteiger partial charge in [0.15, 0.2) is 5.60 Å². The van der Waals surface area contributed by atoms with Gasteiger partial charge in [0.25, 0.3) is 11.8 Å². The van der Waals surface area contributed by atoms with Crippen molar-refractivity contribution in [3.8, 4) is 17.0 Å². The summed E-state index contributed by atoms with van der Waals surface area (Å²) in [7, 11) is 0. The second-order valence-electron chi connectivity index (χ2n) is 9.65. The fourth-order valence-corrected chi connectivity index (χ4v) is 5.24. The molecule has 2 aliphatic rings. The van der Waals surface area contributed by atoms with Gasteiger partial charge in [-0.15, -0.1) is 0 Å². The van der Waals surface area contributed by atoms with E-state index in [0.29, 0.717) is 50.7 Å². The van der Waals surface area contributed by atoms with Gasteiger partial charge in [0.2, 0.25) is 0 Å². The van der Waals surface area contributed by atoms with E-state index in [1.807, 2.05) is 55.5 Å². The number of likely N-dealkylation sites (N-methyl/N-ethyl adjacent to an activating group) is 1. The van der Waals surface area contributed by atoms with Gasteiger partial charge in [0.05, 0.1) is 25.4 Å². The minimum Gasteiger partial charge on any atom is -0.491 e. The Balaban J connectivity index is 1.35. The second kappa shape index (κ2) is 11.2. The van der Waals surface area contributed by atoms with Crippen molar-refractivity contribution in [3.63, 3.8) is 0 Å². The second-order valence-corrected chi connectivity index (χ2v) is 9.65. The van der Waals surface area contributed by atoms with Crippen LogP contribution in [-0.4, -0.2) is 76.8 Å². The molecule has 1 fully saturated rings. The predicted octanol–water partition coefficient (Wildman–Crippen LogP) is 3.94. The fourth-order valence-electron chi connectivity index (χ4n) is 5.24. The van der Waals surface area contributed by atoms with E-state index in [2.05, 4.69) is 16.3 Å². The third kappa shape index (κ3) is 5.39. The lowest BCUT2D eigenvalue weighted by Crippen LogP contribution is -2.62. The van der Waals surface area contributed by atoms with Gasteiger partial charge in [0, 0.05) is 18.7 Å². The van der Waals surface area contributed by atoms with Crippen LogP contribution in [0.3, 0.4) is 0 Å². The van der Waals surface area contributed by atoms with E-state index in [-0.39, 0.29) is 18.4 Å². The van der Waals surface area contributed by atoms with Crippen LogP contribution in [0, 0.1) is 0 Å². The van der Waals surface area contributed by atoms with Gasteiger partial charge in [-0.2, -0.15) is 5.10 Å². The minimum atomic E-state index is -1.06. The van der Waals surface area contributed by atoms with Gasteiger partial charge in [-0.05, 0) is 50.3 Å². The molecule has 0 aliphatic carbocycles. The topological polar surface area (TPSA) is 87.8 Å². The lowest BCUT2D eigenvalue weighted by molar-refractivity contribution is -0.170. The maximum atomic E-state index is 13.9. The summed E-state index contributed by atoms with van der Waals surface area (Å²) in [6, 6.07) is 19.6. The predicted molar refractivity (Wildman–Crippen MR) is 140 cm³/mol. The smallest absolute Gasteiger partial charge is 0.272 e. The lowest BCUT2D eigenvalue weighted by atomic mass is 9.91. The van der Waals surface area contributed by atoms with E-state index in [9.17, 15) is 9.59 Å². The van der Waals surface area contributed by atoms with Crippen LogP contribution < -0.4 is 4.74 Å². The number of nitrogens with zero attached hydrogens (tertiary/aromatic N) is 3. The number of amides is 2. The van der Waals surface area contributed by atoms with Crippen LogP contribution in [0.1, 0.15) is 42.2 Å². The molecule has 194 valence electrons. The molecular formula is C29H34N4O4. The highest BCUT2D eigenvalue weighted by Gasteiger charge is 2.46. The monoisotopic (exact) mass is 502 g/mol. The van der Waals surface area contributed by atoms with Crippen molar-refractivity contribution < 1.29 is 19.1 Å². The number of fused-ring (bicyclic) bond motifs is 1. The number of morpholine rings is 1. The lowest BCUT2D eigenvalue weighted by Gasteiger charge is -2.44. The highest BCUT2D eigenvalue weighted by Crippen LogP contribution is 2.30. The molecule has 1 atom stereocenters. The quantitative estimate of drug-likeness (QED) is 0.586. The van der Waals surface area contributed by atoms with Crippen molar-refractivity contribution in [1.29, 1.82) is 0 Å². The Hall–Kier alpha value is -3.65. The molecule has 2 aromatic carbocycles. The summed E-state index contributed by atoms with van der Waals surface area (Å²) in [5.74, 6) is 0.650. The van der Waals surface area contributed by atoms with Crippen LogP contribution in [0.4, 0.5) is 0 Å². The van der Waals surface area contributed by atoms with Crippen molar-refractivity contribution in [3.05, 3.63) is 71.9 Å². The van der Waals surface area contributed by atoms with Gasteiger partial charge in [-0.25, -0.2) is 0 Å². The number of rotatable bonds is 3. The standard InChI is InChI=1S/C29H34N4O4/c1-2-32-16-18-36-26-14-7-6-12-23(26)13-8-9-15-29(28(32)35)21-33(17-19-37-29)27(34)25-20-24(30-31-25)22-10-4-3-5-11-22/h3-7,10-12,14,20H,2,8-9,13,15-19,21H2,1H3,(H,30,31). The van der Waals surface area contributed by atoms with Crippen molar-refractivity contribution in [2.24, 2.45) is 0 Å². The fraction of sp³-hybridized carbons (Fsp3) is 0.414. The van der Waals surface area contributed by atoms with Gasteiger partial charge in [-0.3, -0.25) is 14.7 Å². The first kappa shape index (κ1) is 25.0. The van der Waals surface area contributed by atoms with Crippen LogP contribution >= 0.6 is 0 Å². The zero-order chi connectivity index (χ0) is 25.7. The number of hydrogen-bond donors (Lipinski definition) is 1. The van der Waals surface area contributed by atoms with E-state index in [0.717, 1.165) is 30.6 Å². The largest absolute Gasteiger partial charge is 0.491 e. The highest BCUT2D eigenvalue weighted by atomic mass is 16.5. The maximum Gasteiger partial charge on any atom is 0.272 e. The van der Waals surface area contributed by atoms with Gasteiger partial charge < -0.3 is 19.3 Å². The molecule has 1 spiro atoms. The van der Waals surface area contributed by atoms with Crippen molar-refractivity contribution in [2.75, 3.05) is 39.4 Å². The number of nitrogens with one attached hydrogen (secondary N) is 1. The number of aromatic amines is 1. The zero-order valence-corrected chi connectivity index (χ0v) is 21.3. The molecule has 5 rings (SSSR count). The van der Waals surface area contributed by atoms with E-state index in [1.165, 1.54) is 5.56 Å². The number of carbonyl (C=O) groups is 2. The molecular weight excluding hydrogens is 468 g/mol. The van der Waals surface area contributed by atoms with Gasteiger partial charge in [0.1, 0.15) is 18.1 Å². The molecule has 2 amide bonds. The Morgan fingerprint density at radius 2 is 1.86 bits per heavy atom. The normalized spacial score (nSPS) is 21.1. The van der Waals surface area contributed by atoms with Crippen molar-refractivity contribution in [2.45, 2.75) is 38.2 Å². The molecule has 3 heterocycles. The number of aryl methyl sites for hydroxylation is 1. The minimum absolute atomic E-state index is 0.0699. The Kier molecular flexibility index (Phi) is 7.55. The Bertz CT molecular complexity index is 1230. The summed E-state index contributed by atoms with van der Waals surface area (Å²) in [5.41, 5.74) is 2.18. The first-order valence-electron chi connectivity index (χ1n) is 13.1. The summed E-state index contributed by atoms with van der Waals surface area (Å²) in [5, 5.41) is 7.24. The highest BCUT2D eigenvalue weighted by molar-refractivity contribution is 5.94. The third-order valence-electron chi connectivity index (χ3n) is 7.28. The number of H-pyrrole nitrogens is 1. The molecule has 0 bridgehead atoms. The number of carbonyl (C=O) groups excluding carboxylic acids is 2. The summed E-state index contributed by atoms with van der Waals surface area (Å²) in [6.07, 6.45) is 3.14. The molecule has 3 aromatic rings. The molecule has 2 aliphatic heterocycles. The summed E-state index contributed by atoms with van der Waals surface area (Å²) < 4.78 is 12.3. The summed E-state index contributed by atoms with van der Waals surface area (Å²) in [6.45, 7) is 4.34. The zero-order valence-electron chi connectivity index (χ0n) is 21.3. The summed E-state index contributed by atoms with van der Waals surface area (Å²) in [4.78, 5) is 30.9. The van der Waals surface area contributed by atoms with Crippen LogP contribution in [0.15, 0.2) is 60.7 Å². The van der Waals surface area contributed by atoms with E-state index in [4.69, 9.17) is 9.47 Å². The maximum absolute atomic E-state index is 13.9. The number of para-hydroxylation sites is 1. The number of benzene rings is 2.